The molecule has 0 amide bonds. The highest BCUT2D eigenvalue weighted by molar-refractivity contribution is 5.97. The third-order valence-electron chi connectivity index (χ3n) is 2.26. The van der Waals surface area contributed by atoms with Crippen LogP contribution in [0, 0.1) is 11.3 Å². The molecule has 1 aromatic rings. The summed E-state index contributed by atoms with van der Waals surface area (Å²) in [6.45, 7) is 2.02. The minimum absolute atomic E-state index is 0.0170. The van der Waals surface area contributed by atoms with E-state index in [4.69, 9.17) is 5.26 Å². The Morgan fingerprint density at radius 2 is 2.19 bits per heavy atom. The summed E-state index contributed by atoms with van der Waals surface area (Å²) in [5.41, 5.74) is 1.99. The van der Waals surface area contributed by atoms with Gasteiger partial charge in [0, 0.05) is 0 Å². The first-order chi connectivity index (χ1) is 7.72. The number of nitriles is 1. The molecule has 3 nitrogen and oxygen atoms in total. The number of carbonyl (C=O) groups excluding carboxylic acids is 1. The van der Waals surface area contributed by atoms with E-state index in [9.17, 15) is 4.79 Å². The fourth-order valence-electron chi connectivity index (χ4n) is 1.40. The second-order valence-corrected chi connectivity index (χ2v) is 3.21. The van der Waals surface area contributed by atoms with Gasteiger partial charge in [-0.05, 0) is 23.6 Å². The van der Waals surface area contributed by atoms with E-state index >= 15 is 0 Å². The number of hydrogen-bond acceptors (Lipinski definition) is 3. The highest BCUT2D eigenvalue weighted by atomic mass is 16.5. The fraction of sp³-hybridized carbons (Fsp3) is 0.231. The summed E-state index contributed by atoms with van der Waals surface area (Å²) in [6, 6.07) is 9.49. The lowest BCUT2D eigenvalue weighted by Crippen LogP contribution is -2.03. The smallest absolute Gasteiger partial charge is 0.348 e. The van der Waals surface area contributed by atoms with Gasteiger partial charge in [0.1, 0.15) is 11.6 Å². The van der Waals surface area contributed by atoms with Crippen molar-refractivity contribution in [1.29, 1.82) is 5.26 Å². The molecule has 0 aliphatic rings. The molecular weight excluding hydrogens is 202 g/mol. The summed E-state index contributed by atoms with van der Waals surface area (Å²) in [6.07, 6.45) is 2.41. The van der Waals surface area contributed by atoms with Crippen LogP contribution >= 0.6 is 0 Å². The van der Waals surface area contributed by atoms with E-state index in [1.54, 1.807) is 6.08 Å². The molecule has 0 atom stereocenters. The molecule has 0 aromatic heterocycles. The van der Waals surface area contributed by atoms with E-state index in [2.05, 4.69) is 4.74 Å². The number of benzene rings is 1. The first-order valence-electron chi connectivity index (χ1n) is 5.01. The molecule has 0 fully saturated rings. The van der Waals surface area contributed by atoms with Crippen LogP contribution in [0.4, 0.5) is 0 Å². The number of hydrogen-bond donors (Lipinski definition) is 0. The Balaban J connectivity index is 3.14. The van der Waals surface area contributed by atoms with Gasteiger partial charge in [0.2, 0.25) is 0 Å². The number of methoxy groups -OCH3 is 1. The quantitative estimate of drug-likeness (QED) is 0.441. The van der Waals surface area contributed by atoms with Crippen LogP contribution in [0.25, 0.3) is 6.08 Å². The molecule has 0 unspecified atom stereocenters. The van der Waals surface area contributed by atoms with Gasteiger partial charge in [-0.3, -0.25) is 0 Å². The summed E-state index contributed by atoms with van der Waals surface area (Å²) in [5.74, 6) is -0.603. The molecule has 0 aliphatic carbocycles. The molecule has 0 aliphatic heterocycles. The zero-order valence-corrected chi connectivity index (χ0v) is 9.36. The Labute approximate surface area is 95.0 Å². The third kappa shape index (κ3) is 2.71. The third-order valence-corrected chi connectivity index (χ3v) is 2.26. The summed E-state index contributed by atoms with van der Waals surface area (Å²) in [7, 11) is 1.26. The Kier molecular flexibility index (Phi) is 4.28. The highest BCUT2D eigenvalue weighted by Crippen LogP contribution is 2.14. The molecule has 16 heavy (non-hydrogen) atoms. The van der Waals surface area contributed by atoms with Crippen molar-refractivity contribution in [1.82, 2.24) is 0 Å². The number of nitrogens with zero attached hydrogens (tertiary/aromatic N) is 1. The lowest BCUT2D eigenvalue weighted by Gasteiger charge is -2.03. The standard InChI is InChI=1S/C13H13NO2/c1-3-10-6-4-5-7-11(10)8-12(9-14)13(15)16-2/h4-8H,3H2,1-2H3. The zero-order valence-electron chi connectivity index (χ0n) is 9.36. The molecule has 0 spiro atoms. The van der Waals surface area contributed by atoms with Crippen molar-refractivity contribution >= 4 is 12.0 Å². The van der Waals surface area contributed by atoms with E-state index in [1.807, 2.05) is 37.3 Å². The van der Waals surface area contributed by atoms with Crippen molar-refractivity contribution in [3.05, 3.63) is 41.0 Å². The normalized spacial score (nSPS) is 10.7. The van der Waals surface area contributed by atoms with Crippen LogP contribution < -0.4 is 0 Å². The SMILES string of the molecule is CCc1ccccc1C=C(C#N)C(=O)OC. The van der Waals surface area contributed by atoms with E-state index in [-0.39, 0.29) is 5.57 Å². The molecule has 0 bridgehead atoms. The number of rotatable bonds is 3. The predicted molar refractivity (Wildman–Crippen MR) is 61.4 cm³/mol. The molecule has 0 saturated carbocycles. The highest BCUT2D eigenvalue weighted by Gasteiger charge is 2.09. The Morgan fingerprint density at radius 3 is 2.75 bits per heavy atom. The molecule has 0 N–H and O–H groups in total. The molecule has 1 rings (SSSR count). The van der Waals surface area contributed by atoms with Gasteiger partial charge in [0.15, 0.2) is 0 Å². The minimum atomic E-state index is -0.603. The number of aryl methyl sites for hydroxylation is 1. The van der Waals surface area contributed by atoms with Crippen LogP contribution in [-0.4, -0.2) is 13.1 Å². The number of ether oxygens (including phenoxy) is 1. The molecule has 0 saturated heterocycles. The first kappa shape index (κ1) is 12.0. The van der Waals surface area contributed by atoms with Crippen LogP contribution in [0.1, 0.15) is 18.1 Å². The minimum Gasteiger partial charge on any atom is -0.465 e. The second kappa shape index (κ2) is 5.72. The Morgan fingerprint density at radius 1 is 1.50 bits per heavy atom. The van der Waals surface area contributed by atoms with Crippen LogP contribution in [-0.2, 0) is 16.0 Å². The van der Waals surface area contributed by atoms with Gasteiger partial charge in [0.25, 0.3) is 0 Å². The largest absolute Gasteiger partial charge is 0.465 e. The van der Waals surface area contributed by atoms with E-state index in [0.29, 0.717) is 0 Å². The van der Waals surface area contributed by atoms with Gasteiger partial charge >= 0.3 is 5.97 Å². The van der Waals surface area contributed by atoms with Crippen molar-refractivity contribution in [2.24, 2.45) is 0 Å². The van der Waals surface area contributed by atoms with Crippen LogP contribution in [0.2, 0.25) is 0 Å². The van der Waals surface area contributed by atoms with E-state index in [0.717, 1.165) is 17.5 Å². The topological polar surface area (TPSA) is 50.1 Å². The van der Waals surface area contributed by atoms with Gasteiger partial charge in [-0.25, -0.2) is 4.79 Å². The van der Waals surface area contributed by atoms with Crippen LogP contribution in [0.15, 0.2) is 29.8 Å². The lowest BCUT2D eigenvalue weighted by molar-refractivity contribution is -0.135. The Bertz CT molecular complexity index is 455. The van der Waals surface area contributed by atoms with Gasteiger partial charge in [0.05, 0.1) is 7.11 Å². The van der Waals surface area contributed by atoms with Gasteiger partial charge in [-0.2, -0.15) is 5.26 Å². The average Bonchev–Trinajstić information content (AvgIpc) is 2.35. The van der Waals surface area contributed by atoms with E-state index < -0.39 is 5.97 Å². The van der Waals surface area contributed by atoms with Crippen molar-refractivity contribution in [2.75, 3.05) is 7.11 Å². The maximum atomic E-state index is 11.2. The fourth-order valence-corrected chi connectivity index (χ4v) is 1.40. The molecule has 0 heterocycles. The molecule has 1 aromatic carbocycles. The number of carbonyl (C=O) groups is 1. The first-order valence-corrected chi connectivity index (χ1v) is 5.01. The number of esters is 1. The monoisotopic (exact) mass is 215 g/mol. The molecule has 0 radical (unpaired) electrons. The maximum Gasteiger partial charge on any atom is 0.348 e. The average molecular weight is 215 g/mol. The maximum absolute atomic E-state index is 11.2. The molecule has 3 heteroatoms. The predicted octanol–water partition coefficient (Wildman–Crippen LogP) is 2.33. The van der Waals surface area contributed by atoms with Gasteiger partial charge in [-0.15, -0.1) is 0 Å². The summed E-state index contributed by atoms with van der Waals surface area (Å²) in [4.78, 5) is 11.2. The summed E-state index contributed by atoms with van der Waals surface area (Å²) >= 11 is 0. The second-order valence-electron chi connectivity index (χ2n) is 3.21. The van der Waals surface area contributed by atoms with Crippen LogP contribution in [0.5, 0.6) is 0 Å². The summed E-state index contributed by atoms with van der Waals surface area (Å²) < 4.78 is 4.52. The zero-order chi connectivity index (χ0) is 12.0. The van der Waals surface area contributed by atoms with Crippen molar-refractivity contribution in [3.8, 4) is 6.07 Å². The molecular formula is C13H13NO2. The van der Waals surface area contributed by atoms with E-state index in [1.165, 1.54) is 7.11 Å². The van der Waals surface area contributed by atoms with Crippen molar-refractivity contribution < 1.29 is 9.53 Å². The molecule has 82 valence electrons. The van der Waals surface area contributed by atoms with Crippen molar-refractivity contribution in [2.45, 2.75) is 13.3 Å². The Hall–Kier alpha value is -2.08. The van der Waals surface area contributed by atoms with Gasteiger partial charge in [-0.1, -0.05) is 31.2 Å². The van der Waals surface area contributed by atoms with Crippen LogP contribution in [0.3, 0.4) is 0 Å². The van der Waals surface area contributed by atoms with Crippen molar-refractivity contribution in [3.63, 3.8) is 0 Å². The van der Waals surface area contributed by atoms with Gasteiger partial charge < -0.3 is 4.74 Å². The summed E-state index contributed by atoms with van der Waals surface area (Å²) in [5, 5.41) is 8.83. The lowest BCUT2D eigenvalue weighted by atomic mass is 10.0.